The Morgan fingerprint density at radius 1 is 0.966 bits per heavy atom. The van der Waals surface area contributed by atoms with Crippen molar-refractivity contribution in [2.45, 2.75) is 6.92 Å². The first-order valence-corrected chi connectivity index (χ1v) is 9.60. The number of hydrogen-bond acceptors (Lipinski definition) is 4. The van der Waals surface area contributed by atoms with E-state index in [1.807, 2.05) is 19.1 Å². The zero-order chi connectivity index (χ0) is 20.8. The molecule has 3 rings (SSSR count). The Labute approximate surface area is 171 Å². The van der Waals surface area contributed by atoms with Crippen LogP contribution in [0.5, 0.6) is 11.5 Å². The molecule has 6 heteroatoms. The maximum atomic E-state index is 12.8. The summed E-state index contributed by atoms with van der Waals surface area (Å²) in [6.07, 6.45) is 1.67. The van der Waals surface area contributed by atoms with Crippen molar-refractivity contribution in [2.75, 3.05) is 39.9 Å². The predicted octanol–water partition coefficient (Wildman–Crippen LogP) is 3.17. The first-order chi connectivity index (χ1) is 14.0. The Balaban J connectivity index is 1.59. The van der Waals surface area contributed by atoms with Gasteiger partial charge in [-0.25, -0.2) is 0 Å². The molecule has 1 aliphatic rings. The van der Waals surface area contributed by atoms with E-state index in [9.17, 15) is 9.59 Å². The maximum Gasteiger partial charge on any atom is 0.254 e. The SMILES string of the molecule is C=CCOc1ccc(C(=O)N2CCN(C(=O)c3ccc(C)c(OC)c3)CC2)cc1. The number of carbonyl (C=O) groups is 2. The van der Waals surface area contributed by atoms with Crippen LogP contribution in [-0.2, 0) is 0 Å². The van der Waals surface area contributed by atoms with Crippen molar-refractivity contribution in [3.63, 3.8) is 0 Å². The van der Waals surface area contributed by atoms with Gasteiger partial charge in [0, 0.05) is 37.3 Å². The number of aryl methyl sites for hydroxylation is 1. The Bertz CT molecular complexity index is 884. The van der Waals surface area contributed by atoms with E-state index in [4.69, 9.17) is 9.47 Å². The van der Waals surface area contributed by atoms with E-state index in [0.29, 0.717) is 55.4 Å². The van der Waals surface area contributed by atoms with Crippen LogP contribution in [0.1, 0.15) is 26.3 Å². The molecule has 0 spiro atoms. The van der Waals surface area contributed by atoms with Crippen LogP contribution in [0, 0.1) is 6.92 Å². The van der Waals surface area contributed by atoms with Gasteiger partial charge < -0.3 is 19.3 Å². The lowest BCUT2D eigenvalue weighted by molar-refractivity contribution is 0.0535. The summed E-state index contributed by atoms with van der Waals surface area (Å²) >= 11 is 0. The molecule has 1 heterocycles. The molecule has 29 heavy (non-hydrogen) atoms. The highest BCUT2D eigenvalue weighted by atomic mass is 16.5. The molecule has 0 aliphatic carbocycles. The van der Waals surface area contributed by atoms with Gasteiger partial charge in [-0.05, 0) is 48.9 Å². The van der Waals surface area contributed by atoms with Crippen molar-refractivity contribution in [1.29, 1.82) is 0 Å². The minimum atomic E-state index is -0.0425. The zero-order valence-electron chi connectivity index (χ0n) is 16.9. The lowest BCUT2D eigenvalue weighted by Gasteiger charge is -2.35. The largest absolute Gasteiger partial charge is 0.496 e. The fraction of sp³-hybridized carbons (Fsp3) is 0.304. The molecule has 6 nitrogen and oxygen atoms in total. The third kappa shape index (κ3) is 4.77. The summed E-state index contributed by atoms with van der Waals surface area (Å²) in [6.45, 7) is 7.99. The summed E-state index contributed by atoms with van der Waals surface area (Å²) in [5, 5.41) is 0. The van der Waals surface area contributed by atoms with Crippen LogP contribution in [0.3, 0.4) is 0 Å². The smallest absolute Gasteiger partial charge is 0.254 e. The summed E-state index contributed by atoms with van der Waals surface area (Å²) in [6, 6.07) is 12.5. The molecule has 0 atom stereocenters. The number of methoxy groups -OCH3 is 1. The summed E-state index contributed by atoms with van der Waals surface area (Å²) < 4.78 is 10.8. The molecule has 1 saturated heterocycles. The third-order valence-electron chi connectivity index (χ3n) is 4.98. The van der Waals surface area contributed by atoms with E-state index >= 15 is 0 Å². The van der Waals surface area contributed by atoms with E-state index in [2.05, 4.69) is 6.58 Å². The lowest BCUT2D eigenvalue weighted by Crippen LogP contribution is -2.50. The van der Waals surface area contributed by atoms with Gasteiger partial charge in [0.25, 0.3) is 11.8 Å². The average Bonchev–Trinajstić information content (AvgIpc) is 2.77. The number of hydrogen-bond donors (Lipinski definition) is 0. The van der Waals surface area contributed by atoms with E-state index in [1.54, 1.807) is 53.3 Å². The van der Waals surface area contributed by atoms with Crippen LogP contribution in [0.2, 0.25) is 0 Å². The van der Waals surface area contributed by atoms with Crippen LogP contribution in [0.25, 0.3) is 0 Å². The van der Waals surface area contributed by atoms with Gasteiger partial charge in [-0.2, -0.15) is 0 Å². The molecule has 0 saturated carbocycles. The van der Waals surface area contributed by atoms with E-state index in [-0.39, 0.29) is 11.8 Å². The summed E-state index contributed by atoms with van der Waals surface area (Å²) in [7, 11) is 1.60. The molecule has 152 valence electrons. The number of benzene rings is 2. The molecular weight excluding hydrogens is 368 g/mol. The monoisotopic (exact) mass is 394 g/mol. The van der Waals surface area contributed by atoms with Crippen LogP contribution in [-0.4, -0.2) is 61.5 Å². The standard InChI is InChI=1S/C23H26N2O4/c1-4-15-29-20-9-7-18(8-10-20)22(26)24-11-13-25(14-12-24)23(27)19-6-5-17(2)21(16-19)28-3/h4-10,16H,1,11-15H2,2-3H3. The molecule has 0 aromatic heterocycles. The second-order valence-electron chi connectivity index (χ2n) is 6.89. The molecule has 2 aromatic rings. The Morgan fingerprint density at radius 3 is 2.07 bits per heavy atom. The molecule has 0 N–H and O–H groups in total. The fourth-order valence-electron chi connectivity index (χ4n) is 3.28. The van der Waals surface area contributed by atoms with Gasteiger partial charge in [-0.3, -0.25) is 9.59 Å². The molecule has 0 bridgehead atoms. The summed E-state index contributed by atoms with van der Waals surface area (Å²) in [4.78, 5) is 29.1. The van der Waals surface area contributed by atoms with Gasteiger partial charge in [0.05, 0.1) is 7.11 Å². The number of carbonyl (C=O) groups excluding carboxylic acids is 2. The lowest BCUT2D eigenvalue weighted by atomic mass is 10.1. The van der Waals surface area contributed by atoms with E-state index in [1.165, 1.54) is 0 Å². The van der Waals surface area contributed by atoms with Gasteiger partial charge >= 0.3 is 0 Å². The molecule has 2 amide bonds. The third-order valence-corrected chi connectivity index (χ3v) is 4.98. The Kier molecular flexibility index (Phi) is 6.54. The van der Waals surface area contributed by atoms with Crippen LogP contribution in [0.4, 0.5) is 0 Å². The van der Waals surface area contributed by atoms with Crippen LogP contribution in [0.15, 0.2) is 55.1 Å². The highest BCUT2D eigenvalue weighted by Gasteiger charge is 2.25. The fourth-order valence-corrected chi connectivity index (χ4v) is 3.28. The van der Waals surface area contributed by atoms with Crippen molar-refractivity contribution in [3.8, 4) is 11.5 Å². The minimum absolute atomic E-state index is 0.0376. The number of ether oxygens (including phenoxy) is 2. The zero-order valence-corrected chi connectivity index (χ0v) is 16.9. The molecule has 0 radical (unpaired) electrons. The number of piperazine rings is 1. The normalized spacial score (nSPS) is 13.7. The maximum absolute atomic E-state index is 12.8. The van der Waals surface area contributed by atoms with Gasteiger partial charge in [-0.15, -0.1) is 0 Å². The minimum Gasteiger partial charge on any atom is -0.496 e. The second-order valence-corrected chi connectivity index (χ2v) is 6.89. The highest BCUT2D eigenvalue weighted by molar-refractivity contribution is 5.96. The van der Waals surface area contributed by atoms with Crippen molar-refractivity contribution < 1.29 is 19.1 Å². The van der Waals surface area contributed by atoms with Crippen molar-refractivity contribution >= 4 is 11.8 Å². The van der Waals surface area contributed by atoms with E-state index < -0.39 is 0 Å². The van der Waals surface area contributed by atoms with Crippen molar-refractivity contribution in [3.05, 3.63) is 71.8 Å². The van der Waals surface area contributed by atoms with Crippen molar-refractivity contribution in [2.24, 2.45) is 0 Å². The molecule has 2 aromatic carbocycles. The van der Waals surface area contributed by atoms with E-state index in [0.717, 1.165) is 5.56 Å². The van der Waals surface area contributed by atoms with Crippen LogP contribution >= 0.6 is 0 Å². The van der Waals surface area contributed by atoms with Gasteiger partial charge in [0.1, 0.15) is 18.1 Å². The molecule has 1 fully saturated rings. The summed E-state index contributed by atoms with van der Waals surface area (Å²) in [5.74, 6) is 1.32. The first kappa shape index (κ1) is 20.5. The van der Waals surface area contributed by atoms with Gasteiger partial charge in [-0.1, -0.05) is 18.7 Å². The number of amides is 2. The number of rotatable bonds is 6. The molecule has 0 unspecified atom stereocenters. The Hall–Kier alpha value is -3.28. The molecule has 1 aliphatic heterocycles. The second kappa shape index (κ2) is 9.28. The molecular formula is C23H26N2O4. The quantitative estimate of drug-likeness (QED) is 0.706. The summed E-state index contributed by atoms with van der Waals surface area (Å²) in [5.41, 5.74) is 2.20. The Morgan fingerprint density at radius 2 is 1.52 bits per heavy atom. The topological polar surface area (TPSA) is 59.1 Å². The van der Waals surface area contributed by atoms with Gasteiger partial charge in [0.15, 0.2) is 0 Å². The predicted molar refractivity (Wildman–Crippen MR) is 112 cm³/mol. The first-order valence-electron chi connectivity index (χ1n) is 9.60. The highest BCUT2D eigenvalue weighted by Crippen LogP contribution is 2.21. The van der Waals surface area contributed by atoms with Crippen molar-refractivity contribution in [1.82, 2.24) is 9.80 Å². The number of nitrogens with zero attached hydrogens (tertiary/aromatic N) is 2. The average molecular weight is 394 g/mol. The van der Waals surface area contributed by atoms with Crippen LogP contribution < -0.4 is 9.47 Å². The van der Waals surface area contributed by atoms with Gasteiger partial charge in [0.2, 0.25) is 0 Å².